The first-order valence-corrected chi connectivity index (χ1v) is 5.03. The summed E-state index contributed by atoms with van der Waals surface area (Å²) in [5.74, 6) is -2.40. The van der Waals surface area contributed by atoms with Crippen LogP contribution in [0.5, 0.6) is 0 Å². The summed E-state index contributed by atoms with van der Waals surface area (Å²) in [5.41, 5.74) is 0. The Kier molecular flexibility index (Phi) is 5.03. The first kappa shape index (κ1) is 12.1. The second-order valence-corrected chi connectivity index (χ2v) is 4.23. The minimum atomic E-state index is -1.23. The highest BCUT2D eigenvalue weighted by molar-refractivity contribution is 9.15. The number of alkyl halides is 1. The van der Waals surface area contributed by atoms with Gasteiger partial charge in [-0.15, -0.1) is 0 Å². The molecule has 0 saturated heterocycles. The second kappa shape index (κ2) is 4.98. The van der Waals surface area contributed by atoms with Gasteiger partial charge in [-0.25, -0.2) is 4.79 Å². The van der Waals surface area contributed by atoms with Gasteiger partial charge in [-0.3, -0.25) is 4.79 Å². The lowest BCUT2D eigenvalue weighted by atomic mass is 10.4. The number of hydrogen-bond donors (Lipinski definition) is 2. The zero-order valence-corrected chi connectivity index (χ0v) is 10.2. The normalized spacial score (nSPS) is 14.9. The maximum absolute atomic E-state index is 10.3. The van der Waals surface area contributed by atoms with Crippen LogP contribution in [0.25, 0.3) is 0 Å². The van der Waals surface area contributed by atoms with Gasteiger partial charge in [0.25, 0.3) is 0 Å². The van der Waals surface area contributed by atoms with Crippen molar-refractivity contribution in [1.82, 2.24) is 0 Å². The van der Waals surface area contributed by atoms with E-state index in [4.69, 9.17) is 10.2 Å². The third-order valence-electron chi connectivity index (χ3n) is 0.837. The van der Waals surface area contributed by atoms with E-state index in [1.807, 2.05) is 0 Å². The van der Waals surface area contributed by atoms with Crippen LogP contribution in [0.3, 0.4) is 0 Å². The molecule has 0 aliphatic rings. The van der Waals surface area contributed by atoms with E-state index in [9.17, 15) is 9.59 Å². The van der Waals surface area contributed by atoms with Gasteiger partial charge < -0.3 is 10.2 Å². The molecule has 0 aromatic rings. The minimum Gasteiger partial charge on any atom is -0.480 e. The molecule has 0 aliphatic heterocycles. The van der Waals surface area contributed by atoms with E-state index in [1.165, 1.54) is 0 Å². The number of carbonyl (C=O) groups is 2. The van der Waals surface area contributed by atoms with Gasteiger partial charge >= 0.3 is 11.9 Å². The summed E-state index contributed by atoms with van der Waals surface area (Å²) in [7, 11) is 0. The van der Waals surface area contributed by atoms with Crippen LogP contribution in [0.15, 0.2) is 8.96 Å². The van der Waals surface area contributed by atoms with Gasteiger partial charge in [0.1, 0.15) is 9.31 Å². The molecular formula is C5H3Br3O4. The third kappa shape index (κ3) is 3.24. The molecule has 0 radical (unpaired) electrons. The predicted octanol–water partition coefficient (Wildman–Crippen LogP) is 1.92. The highest BCUT2D eigenvalue weighted by atomic mass is 79.9. The zero-order chi connectivity index (χ0) is 9.89. The first-order valence-electron chi connectivity index (χ1n) is 2.53. The third-order valence-corrected chi connectivity index (χ3v) is 4.45. The Morgan fingerprint density at radius 2 is 1.58 bits per heavy atom. The van der Waals surface area contributed by atoms with Crippen molar-refractivity contribution >= 4 is 59.7 Å². The van der Waals surface area contributed by atoms with Crippen LogP contribution in [-0.2, 0) is 9.59 Å². The van der Waals surface area contributed by atoms with Gasteiger partial charge in [-0.2, -0.15) is 0 Å². The van der Waals surface area contributed by atoms with Crippen molar-refractivity contribution in [2.75, 3.05) is 0 Å². The number of carboxylic acids is 2. The van der Waals surface area contributed by atoms with E-state index in [2.05, 4.69) is 47.8 Å². The molecule has 1 unspecified atom stereocenters. The Morgan fingerprint density at radius 3 is 1.83 bits per heavy atom. The van der Waals surface area contributed by atoms with Crippen molar-refractivity contribution in [3.8, 4) is 0 Å². The summed E-state index contributed by atoms with van der Waals surface area (Å²) in [6.45, 7) is 0. The number of rotatable bonds is 3. The lowest BCUT2D eigenvalue weighted by Gasteiger charge is -2.03. The molecule has 0 bridgehead atoms. The quantitative estimate of drug-likeness (QED) is 0.591. The molecule has 0 spiro atoms. The monoisotopic (exact) mass is 364 g/mol. The van der Waals surface area contributed by atoms with Crippen LogP contribution >= 0.6 is 47.8 Å². The van der Waals surface area contributed by atoms with Crippen LogP contribution < -0.4 is 0 Å². The van der Waals surface area contributed by atoms with Crippen LogP contribution in [0.2, 0.25) is 0 Å². The average molecular weight is 367 g/mol. The zero-order valence-electron chi connectivity index (χ0n) is 5.42. The molecule has 12 heavy (non-hydrogen) atoms. The lowest BCUT2D eigenvalue weighted by molar-refractivity contribution is -0.135. The Balaban J connectivity index is 4.78. The minimum absolute atomic E-state index is 0.0301. The van der Waals surface area contributed by atoms with E-state index in [-0.39, 0.29) is 8.96 Å². The van der Waals surface area contributed by atoms with E-state index in [1.54, 1.807) is 0 Å². The van der Waals surface area contributed by atoms with Crippen LogP contribution in [0.4, 0.5) is 0 Å². The van der Waals surface area contributed by atoms with Gasteiger partial charge in [0.05, 0.1) is 0 Å². The molecule has 0 saturated carbocycles. The van der Waals surface area contributed by atoms with E-state index < -0.39 is 16.8 Å². The van der Waals surface area contributed by atoms with E-state index >= 15 is 0 Å². The van der Waals surface area contributed by atoms with Crippen molar-refractivity contribution in [2.24, 2.45) is 0 Å². The molecule has 68 valence electrons. The average Bonchev–Trinajstić information content (AvgIpc) is 2.00. The van der Waals surface area contributed by atoms with Crippen molar-refractivity contribution < 1.29 is 19.8 Å². The molecule has 0 rings (SSSR count). The Morgan fingerprint density at radius 1 is 1.17 bits per heavy atom. The molecule has 7 heteroatoms. The smallest absolute Gasteiger partial charge is 0.343 e. The molecule has 0 aliphatic carbocycles. The summed E-state index contributed by atoms with van der Waals surface area (Å²) in [6.07, 6.45) is 0. The number of hydrogen-bond acceptors (Lipinski definition) is 2. The summed E-state index contributed by atoms with van der Waals surface area (Å²) in [4.78, 5) is 19.6. The van der Waals surface area contributed by atoms with E-state index in [0.29, 0.717) is 0 Å². The van der Waals surface area contributed by atoms with Crippen LogP contribution in [0, 0.1) is 0 Å². The molecule has 1 atom stereocenters. The summed E-state index contributed by atoms with van der Waals surface area (Å²) >= 11 is 8.33. The van der Waals surface area contributed by atoms with Gasteiger partial charge in [0.15, 0.2) is 0 Å². The predicted molar refractivity (Wildman–Crippen MR) is 52.9 cm³/mol. The molecule has 0 aromatic heterocycles. The first-order chi connectivity index (χ1) is 5.37. The number of halogens is 3. The van der Waals surface area contributed by atoms with Crippen LogP contribution in [-0.4, -0.2) is 27.0 Å². The molecular weight excluding hydrogens is 364 g/mol. The summed E-state index contributed by atoms with van der Waals surface area (Å²) < 4.78 is -0.186. The topological polar surface area (TPSA) is 74.6 Å². The SMILES string of the molecule is O=C(O)/C(Br)=C(\Br)C(Br)C(=O)O. The van der Waals surface area contributed by atoms with Crippen LogP contribution in [0.1, 0.15) is 0 Å². The van der Waals surface area contributed by atoms with Crippen molar-refractivity contribution in [3.05, 3.63) is 8.96 Å². The fourth-order valence-corrected chi connectivity index (χ4v) is 1.45. The van der Waals surface area contributed by atoms with Gasteiger partial charge in [-0.05, 0) is 15.9 Å². The molecule has 0 amide bonds. The highest BCUT2D eigenvalue weighted by Gasteiger charge is 2.22. The summed E-state index contributed by atoms with van der Waals surface area (Å²) in [6, 6.07) is 0. The van der Waals surface area contributed by atoms with Crippen molar-refractivity contribution in [1.29, 1.82) is 0 Å². The number of aliphatic carboxylic acids is 2. The van der Waals surface area contributed by atoms with E-state index in [0.717, 1.165) is 0 Å². The Bertz CT molecular complexity index is 247. The molecule has 0 heterocycles. The second-order valence-electron chi connectivity index (χ2n) is 1.67. The maximum Gasteiger partial charge on any atom is 0.343 e. The van der Waals surface area contributed by atoms with Gasteiger partial charge in [0, 0.05) is 4.48 Å². The molecule has 2 N–H and O–H groups in total. The largest absolute Gasteiger partial charge is 0.480 e. The standard InChI is InChI=1S/C5H3Br3O4/c6-1(2(7)4(9)10)3(8)5(11)12/h2H,(H,9,10)(H,11,12)/b3-1+. The molecule has 0 fully saturated rings. The number of carboxylic acid groups (broad SMARTS) is 2. The van der Waals surface area contributed by atoms with Gasteiger partial charge in [0.2, 0.25) is 0 Å². The molecule has 4 nitrogen and oxygen atoms in total. The highest BCUT2D eigenvalue weighted by Crippen LogP contribution is 2.26. The fraction of sp³-hybridized carbons (Fsp3) is 0.200. The van der Waals surface area contributed by atoms with Gasteiger partial charge in [-0.1, -0.05) is 31.9 Å². The Labute approximate surface area is 93.0 Å². The Hall–Kier alpha value is 0.120. The maximum atomic E-state index is 10.3. The summed E-state index contributed by atoms with van der Waals surface area (Å²) in [5, 5.41) is 16.9. The lowest BCUT2D eigenvalue weighted by Crippen LogP contribution is -2.14. The molecule has 0 aromatic carbocycles. The fourth-order valence-electron chi connectivity index (χ4n) is 0.322. The van der Waals surface area contributed by atoms with Crippen molar-refractivity contribution in [3.63, 3.8) is 0 Å². The van der Waals surface area contributed by atoms with Crippen molar-refractivity contribution in [2.45, 2.75) is 4.83 Å².